The third-order valence-electron chi connectivity index (χ3n) is 4.54. The molecule has 0 radical (unpaired) electrons. The number of aromatic amines is 1. The summed E-state index contributed by atoms with van der Waals surface area (Å²) in [5.41, 5.74) is 2.40. The molecule has 1 amide bonds. The number of nitrogens with one attached hydrogen (secondary N) is 3. The van der Waals surface area contributed by atoms with E-state index in [0.717, 1.165) is 5.52 Å². The number of hydrogen-bond donors (Lipinski definition) is 3. The second-order valence-corrected chi connectivity index (χ2v) is 6.98. The minimum atomic E-state index is -4.75. The number of halogens is 3. The lowest BCUT2D eigenvalue weighted by atomic mass is 9.94. The lowest BCUT2D eigenvalue weighted by molar-refractivity contribution is -0.274. The lowest BCUT2D eigenvalue weighted by Gasteiger charge is -2.12. The highest BCUT2D eigenvalue weighted by atomic mass is 19.4. The Morgan fingerprint density at radius 2 is 1.88 bits per heavy atom. The van der Waals surface area contributed by atoms with Gasteiger partial charge in [-0.3, -0.25) is 9.78 Å². The summed E-state index contributed by atoms with van der Waals surface area (Å²) in [7, 11) is 3.03. The highest BCUT2D eigenvalue weighted by Crippen LogP contribution is 2.27. The first-order valence-electron chi connectivity index (χ1n) is 9.69. The Bertz CT molecular complexity index is 1330. The molecule has 2 heterocycles. The van der Waals surface area contributed by atoms with E-state index in [1.165, 1.54) is 45.4 Å². The van der Waals surface area contributed by atoms with E-state index >= 15 is 0 Å². The molecule has 0 saturated heterocycles. The van der Waals surface area contributed by atoms with E-state index in [1.54, 1.807) is 24.3 Å². The van der Waals surface area contributed by atoms with E-state index in [-0.39, 0.29) is 17.4 Å². The van der Waals surface area contributed by atoms with Gasteiger partial charge in [-0.25, -0.2) is 4.98 Å². The van der Waals surface area contributed by atoms with Gasteiger partial charge in [0.15, 0.2) is 0 Å². The van der Waals surface area contributed by atoms with Gasteiger partial charge < -0.3 is 25.1 Å². The molecule has 0 aliphatic carbocycles. The zero-order valence-electron chi connectivity index (χ0n) is 17.4. The number of carbonyl (C=O) groups is 1. The zero-order valence-corrected chi connectivity index (χ0v) is 17.4. The molecular formula is C21H17BF3N5O3. The number of carbonyl (C=O) groups excluding carboxylic acids is 1. The standard InChI is InChI=1S/C21H17BF3N5O3/c1-26-19(31)17-10-13(6-7-27-17)32-12-3-4-15-16(9-12)30-20(29-15)28-11-2-5-18(14(22)8-11)33-21(23,24)25/h2-10H,22H2,1H3,(H,26,31)(H2,28,29,30). The van der Waals surface area contributed by atoms with Crippen molar-refractivity contribution in [2.24, 2.45) is 0 Å². The summed E-state index contributed by atoms with van der Waals surface area (Å²) in [4.78, 5) is 23.3. The molecular weight excluding hydrogens is 438 g/mol. The second kappa shape index (κ2) is 8.73. The van der Waals surface area contributed by atoms with Crippen molar-refractivity contribution in [1.82, 2.24) is 20.3 Å². The first-order chi connectivity index (χ1) is 15.7. The zero-order chi connectivity index (χ0) is 23.6. The average molecular weight is 455 g/mol. The Labute approximate surface area is 186 Å². The minimum Gasteiger partial charge on any atom is -0.457 e. The van der Waals surface area contributed by atoms with Crippen molar-refractivity contribution in [2.75, 3.05) is 12.4 Å². The maximum absolute atomic E-state index is 12.4. The third kappa shape index (κ3) is 5.35. The van der Waals surface area contributed by atoms with Crippen LogP contribution in [0.2, 0.25) is 0 Å². The minimum absolute atomic E-state index is 0.226. The number of amides is 1. The number of fused-ring (bicyclic) bond motifs is 1. The van der Waals surface area contributed by atoms with Crippen LogP contribution in [-0.2, 0) is 0 Å². The summed E-state index contributed by atoms with van der Waals surface area (Å²) < 4.78 is 47.1. The Balaban J connectivity index is 1.51. The normalized spacial score (nSPS) is 11.3. The van der Waals surface area contributed by atoms with Crippen LogP contribution in [0.4, 0.5) is 24.8 Å². The van der Waals surface area contributed by atoms with Gasteiger partial charge in [-0.1, -0.05) is 0 Å². The van der Waals surface area contributed by atoms with Gasteiger partial charge in [0.25, 0.3) is 5.91 Å². The van der Waals surface area contributed by atoms with Crippen molar-refractivity contribution >= 4 is 41.9 Å². The van der Waals surface area contributed by atoms with Crippen LogP contribution >= 0.6 is 0 Å². The first-order valence-corrected chi connectivity index (χ1v) is 9.69. The fraction of sp³-hybridized carbons (Fsp3) is 0.0952. The van der Waals surface area contributed by atoms with E-state index in [1.807, 2.05) is 0 Å². The van der Waals surface area contributed by atoms with Crippen LogP contribution in [0.1, 0.15) is 10.5 Å². The maximum Gasteiger partial charge on any atom is 0.573 e. The van der Waals surface area contributed by atoms with Crippen LogP contribution in [0, 0.1) is 0 Å². The number of nitrogens with zero attached hydrogens (tertiary/aromatic N) is 2. The van der Waals surface area contributed by atoms with E-state index in [4.69, 9.17) is 4.74 Å². The molecule has 0 fully saturated rings. The van der Waals surface area contributed by atoms with Crippen LogP contribution in [0.5, 0.6) is 17.2 Å². The van der Waals surface area contributed by atoms with Crippen LogP contribution in [0.3, 0.4) is 0 Å². The molecule has 3 N–H and O–H groups in total. The molecule has 2 aromatic heterocycles. The second-order valence-electron chi connectivity index (χ2n) is 6.98. The molecule has 33 heavy (non-hydrogen) atoms. The van der Waals surface area contributed by atoms with E-state index in [2.05, 4.69) is 30.3 Å². The van der Waals surface area contributed by atoms with Crippen molar-refractivity contribution in [3.8, 4) is 17.2 Å². The molecule has 4 aromatic rings. The van der Waals surface area contributed by atoms with Crippen LogP contribution in [0.25, 0.3) is 11.0 Å². The fourth-order valence-corrected chi connectivity index (χ4v) is 3.07. The average Bonchev–Trinajstić information content (AvgIpc) is 3.16. The van der Waals surface area contributed by atoms with Crippen LogP contribution in [-0.4, -0.2) is 42.1 Å². The Kier molecular flexibility index (Phi) is 5.82. The summed E-state index contributed by atoms with van der Waals surface area (Å²) in [5, 5.41) is 5.52. The highest BCUT2D eigenvalue weighted by Gasteiger charge is 2.31. The van der Waals surface area contributed by atoms with Gasteiger partial charge in [0, 0.05) is 31.1 Å². The molecule has 0 saturated carbocycles. The number of imidazole rings is 1. The van der Waals surface area contributed by atoms with Crippen LogP contribution < -0.4 is 25.6 Å². The van der Waals surface area contributed by atoms with Crippen molar-refractivity contribution < 1.29 is 27.4 Å². The molecule has 168 valence electrons. The monoisotopic (exact) mass is 455 g/mol. The van der Waals surface area contributed by atoms with E-state index in [0.29, 0.717) is 34.1 Å². The molecule has 0 spiro atoms. The molecule has 8 nitrogen and oxygen atoms in total. The summed E-state index contributed by atoms with van der Waals surface area (Å²) in [5.74, 6) is 0.742. The predicted octanol–water partition coefficient (Wildman–Crippen LogP) is 3.01. The molecule has 2 aromatic carbocycles. The van der Waals surface area contributed by atoms with Gasteiger partial charge in [-0.05, 0) is 41.9 Å². The Morgan fingerprint density at radius 1 is 1.09 bits per heavy atom. The van der Waals surface area contributed by atoms with Gasteiger partial charge in [0.1, 0.15) is 30.8 Å². The number of H-pyrrole nitrogens is 1. The van der Waals surface area contributed by atoms with Crippen LogP contribution in [0.15, 0.2) is 54.7 Å². The molecule has 4 rings (SSSR count). The quantitative estimate of drug-likeness (QED) is 0.387. The molecule has 0 unspecified atom stereocenters. The van der Waals surface area contributed by atoms with Crippen molar-refractivity contribution in [3.63, 3.8) is 0 Å². The number of benzene rings is 2. The lowest BCUT2D eigenvalue weighted by Crippen LogP contribution is -2.22. The van der Waals surface area contributed by atoms with Gasteiger partial charge >= 0.3 is 6.36 Å². The molecule has 0 bridgehead atoms. The first kappa shape index (κ1) is 22.0. The summed E-state index contributed by atoms with van der Waals surface area (Å²) in [6.07, 6.45) is -3.28. The fourth-order valence-electron chi connectivity index (χ4n) is 3.07. The van der Waals surface area contributed by atoms with Gasteiger partial charge in [0.2, 0.25) is 5.95 Å². The number of aromatic nitrogens is 3. The topological polar surface area (TPSA) is 101 Å². The maximum atomic E-state index is 12.4. The highest BCUT2D eigenvalue weighted by molar-refractivity contribution is 6.34. The predicted molar refractivity (Wildman–Crippen MR) is 118 cm³/mol. The Morgan fingerprint density at radius 3 is 2.61 bits per heavy atom. The molecule has 12 heteroatoms. The van der Waals surface area contributed by atoms with E-state index < -0.39 is 6.36 Å². The van der Waals surface area contributed by atoms with Crippen molar-refractivity contribution in [3.05, 3.63) is 60.4 Å². The smallest absolute Gasteiger partial charge is 0.457 e. The van der Waals surface area contributed by atoms with Gasteiger partial charge in [-0.2, -0.15) is 0 Å². The largest absolute Gasteiger partial charge is 0.573 e. The number of rotatable bonds is 6. The Hall–Kier alpha value is -4.22. The number of alkyl halides is 3. The summed E-state index contributed by atoms with van der Waals surface area (Å²) in [6, 6.07) is 12.6. The third-order valence-corrected chi connectivity index (χ3v) is 4.54. The van der Waals surface area contributed by atoms with Crippen molar-refractivity contribution in [2.45, 2.75) is 6.36 Å². The van der Waals surface area contributed by atoms with Crippen molar-refractivity contribution in [1.29, 1.82) is 0 Å². The molecule has 0 atom stereocenters. The number of anilines is 2. The summed E-state index contributed by atoms with van der Waals surface area (Å²) >= 11 is 0. The number of ether oxygens (including phenoxy) is 2. The van der Waals surface area contributed by atoms with Gasteiger partial charge in [-0.15, -0.1) is 13.2 Å². The SMILES string of the molecule is Bc1cc(Nc2nc3cc(Oc4ccnc(C(=O)NC)c4)ccc3[nH]2)ccc1OC(F)(F)F. The van der Waals surface area contributed by atoms with Gasteiger partial charge in [0.05, 0.1) is 11.0 Å². The number of hydrogen-bond acceptors (Lipinski definition) is 6. The van der Waals surface area contributed by atoms with E-state index in [9.17, 15) is 18.0 Å². The number of pyridine rings is 1. The summed E-state index contributed by atoms with van der Waals surface area (Å²) in [6.45, 7) is 0. The molecule has 0 aliphatic heterocycles. The molecule has 0 aliphatic rings.